The molecule has 0 aliphatic carbocycles. The van der Waals surface area contributed by atoms with Crippen molar-refractivity contribution < 1.29 is 18.0 Å². The van der Waals surface area contributed by atoms with E-state index < -0.39 is 28.5 Å². The summed E-state index contributed by atoms with van der Waals surface area (Å²) >= 11 is 5.82. The molecule has 0 aliphatic heterocycles. The summed E-state index contributed by atoms with van der Waals surface area (Å²) in [5.41, 5.74) is -1.43. The molecule has 0 bridgehead atoms. The molecule has 0 spiro atoms. The van der Waals surface area contributed by atoms with E-state index in [1.165, 1.54) is 25.3 Å². The van der Waals surface area contributed by atoms with Crippen LogP contribution < -0.4 is 10.6 Å². The summed E-state index contributed by atoms with van der Waals surface area (Å²) in [7, 11) is 0. The molecular weight excluding hydrogens is 345 g/mol. The highest BCUT2D eigenvalue weighted by Crippen LogP contribution is 2.38. The molecule has 2 aromatic rings. The molecule has 5 nitrogen and oxygen atoms in total. The lowest BCUT2D eigenvalue weighted by Crippen LogP contribution is -2.19. The zero-order valence-electron chi connectivity index (χ0n) is 12.8. The predicted octanol–water partition coefficient (Wildman–Crippen LogP) is 4.14. The molecule has 0 aliphatic rings. The van der Waals surface area contributed by atoms with E-state index in [-0.39, 0.29) is 17.1 Å². The Bertz CT molecular complexity index is 765. The average molecular weight is 359 g/mol. The van der Waals surface area contributed by atoms with Gasteiger partial charge in [0, 0.05) is 18.4 Å². The van der Waals surface area contributed by atoms with Crippen molar-refractivity contribution in [2.75, 3.05) is 17.2 Å². The Labute approximate surface area is 141 Å². The van der Waals surface area contributed by atoms with Crippen molar-refractivity contribution in [2.24, 2.45) is 0 Å². The Balaban J connectivity index is 2.43. The van der Waals surface area contributed by atoms with Crippen molar-refractivity contribution in [1.29, 1.82) is 0 Å². The van der Waals surface area contributed by atoms with Gasteiger partial charge in [-0.2, -0.15) is 13.2 Å². The van der Waals surface area contributed by atoms with E-state index in [2.05, 4.69) is 20.6 Å². The maximum atomic E-state index is 13.2. The van der Waals surface area contributed by atoms with Gasteiger partial charge in [-0.3, -0.25) is 4.79 Å². The van der Waals surface area contributed by atoms with Gasteiger partial charge in [0.15, 0.2) is 5.15 Å². The maximum Gasteiger partial charge on any atom is 0.418 e. The molecule has 1 amide bonds. The fourth-order valence-electron chi connectivity index (χ4n) is 2.06. The predicted molar refractivity (Wildman–Crippen MR) is 85.3 cm³/mol. The third-order valence-electron chi connectivity index (χ3n) is 3.04. The summed E-state index contributed by atoms with van der Waals surface area (Å²) in [6.07, 6.45) is -3.21. The summed E-state index contributed by atoms with van der Waals surface area (Å²) in [5.74, 6) is -0.501. The van der Waals surface area contributed by atoms with Gasteiger partial charge in [0.1, 0.15) is 5.82 Å². The van der Waals surface area contributed by atoms with Crippen molar-refractivity contribution in [3.63, 3.8) is 0 Å². The number of aryl methyl sites for hydroxylation is 1. The topological polar surface area (TPSA) is 66.9 Å². The van der Waals surface area contributed by atoms with Gasteiger partial charge in [0.05, 0.1) is 16.8 Å². The molecule has 9 heteroatoms. The molecule has 0 radical (unpaired) electrons. The van der Waals surface area contributed by atoms with E-state index in [4.69, 9.17) is 11.6 Å². The number of hydrogen-bond acceptors (Lipinski definition) is 4. The Morgan fingerprint density at radius 1 is 1.38 bits per heavy atom. The van der Waals surface area contributed by atoms with Crippen LogP contribution in [-0.4, -0.2) is 22.4 Å². The number of nitrogens with one attached hydrogen (secondary N) is 2. The van der Waals surface area contributed by atoms with E-state index in [9.17, 15) is 18.0 Å². The third kappa shape index (κ3) is 3.94. The van der Waals surface area contributed by atoms with Crippen LogP contribution >= 0.6 is 11.6 Å². The quantitative estimate of drug-likeness (QED) is 0.806. The number of amides is 1. The number of carbonyl (C=O) groups excluding carboxylic acids is 1. The first-order valence-electron chi connectivity index (χ1n) is 6.98. The van der Waals surface area contributed by atoms with E-state index >= 15 is 0 Å². The minimum Gasteiger partial charge on any atom is -0.370 e. The third-order valence-corrected chi connectivity index (χ3v) is 3.32. The molecule has 2 rings (SSSR count). The van der Waals surface area contributed by atoms with Crippen LogP contribution in [0.2, 0.25) is 5.15 Å². The van der Waals surface area contributed by atoms with Gasteiger partial charge in [-0.05, 0) is 32.0 Å². The first kappa shape index (κ1) is 18.0. The highest BCUT2D eigenvalue weighted by atomic mass is 35.5. The van der Waals surface area contributed by atoms with Crippen molar-refractivity contribution in [3.05, 3.63) is 46.4 Å². The van der Waals surface area contributed by atoms with Gasteiger partial charge in [0.25, 0.3) is 5.91 Å². The number of carbonyl (C=O) groups is 1. The molecule has 128 valence electrons. The standard InChI is InChI=1S/C15H14ClF3N4O/c1-3-20-13-9(5-4-6-21-13)14(24)23-11-10(15(17,18)19)7-8(2)22-12(11)16/h4-7H,3H2,1-2H3,(H,20,21)(H,23,24). The SMILES string of the molecule is CCNc1ncccc1C(=O)Nc1c(C(F)(F)F)cc(C)nc1Cl. The van der Waals surface area contributed by atoms with Crippen LogP contribution in [0.15, 0.2) is 24.4 Å². The average Bonchev–Trinajstić information content (AvgIpc) is 2.49. The highest BCUT2D eigenvalue weighted by Gasteiger charge is 2.36. The molecule has 2 aromatic heterocycles. The normalized spacial score (nSPS) is 11.2. The minimum atomic E-state index is -4.68. The van der Waals surface area contributed by atoms with Gasteiger partial charge in [-0.25, -0.2) is 9.97 Å². The van der Waals surface area contributed by atoms with Gasteiger partial charge in [0.2, 0.25) is 0 Å². The van der Waals surface area contributed by atoms with Gasteiger partial charge < -0.3 is 10.6 Å². The fourth-order valence-corrected chi connectivity index (χ4v) is 2.34. The number of nitrogens with zero attached hydrogens (tertiary/aromatic N) is 2. The second kappa shape index (κ2) is 7.04. The minimum absolute atomic E-state index is 0.0973. The molecule has 0 saturated heterocycles. The van der Waals surface area contributed by atoms with Crippen LogP contribution in [0.5, 0.6) is 0 Å². The molecule has 0 aromatic carbocycles. The molecule has 2 N–H and O–H groups in total. The van der Waals surface area contributed by atoms with Crippen LogP contribution in [0.3, 0.4) is 0 Å². The number of aromatic nitrogens is 2. The van der Waals surface area contributed by atoms with Crippen molar-refractivity contribution >= 4 is 29.0 Å². The summed E-state index contributed by atoms with van der Waals surface area (Å²) in [6, 6.07) is 3.79. The first-order valence-corrected chi connectivity index (χ1v) is 7.36. The second-order valence-electron chi connectivity index (χ2n) is 4.86. The smallest absolute Gasteiger partial charge is 0.370 e. The Morgan fingerprint density at radius 3 is 2.71 bits per heavy atom. The van der Waals surface area contributed by atoms with Crippen LogP contribution in [0, 0.1) is 6.92 Å². The number of pyridine rings is 2. The van der Waals surface area contributed by atoms with E-state index in [0.29, 0.717) is 6.54 Å². The summed E-state index contributed by atoms with van der Waals surface area (Å²) in [4.78, 5) is 20.1. The van der Waals surface area contributed by atoms with Crippen LogP contribution in [0.4, 0.5) is 24.7 Å². The number of alkyl halides is 3. The van der Waals surface area contributed by atoms with E-state index in [0.717, 1.165) is 6.07 Å². The molecule has 24 heavy (non-hydrogen) atoms. The Kier molecular flexibility index (Phi) is 5.28. The monoisotopic (exact) mass is 358 g/mol. The number of rotatable bonds is 4. The van der Waals surface area contributed by atoms with E-state index in [1.54, 1.807) is 6.92 Å². The molecule has 0 unspecified atom stereocenters. The van der Waals surface area contributed by atoms with Gasteiger partial charge >= 0.3 is 6.18 Å². The van der Waals surface area contributed by atoms with Gasteiger partial charge in [-0.1, -0.05) is 11.6 Å². The summed E-state index contributed by atoms with van der Waals surface area (Å²) < 4.78 is 39.6. The molecule has 0 saturated carbocycles. The number of anilines is 2. The number of halogens is 4. The lowest BCUT2D eigenvalue weighted by Gasteiger charge is -2.16. The Hall–Kier alpha value is -2.35. The number of hydrogen-bond donors (Lipinski definition) is 2. The summed E-state index contributed by atoms with van der Waals surface area (Å²) in [5, 5.41) is 4.64. The van der Waals surface area contributed by atoms with Crippen molar-refractivity contribution in [2.45, 2.75) is 20.0 Å². The second-order valence-corrected chi connectivity index (χ2v) is 5.22. The first-order chi connectivity index (χ1) is 11.2. The zero-order valence-corrected chi connectivity index (χ0v) is 13.6. The lowest BCUT2D eigenvalue weighted by atomic mass is 10.1. The lowest BCUT2D eigenvalue weighted by molar-refractivity contribution is -0.137. The Morgan fingerprint density at radius 2 is 2.08 bits per heavy atom. The van der Waals surface area contributed by atoms with Crippen molar-refractivity contribution in [3.8, 4) is 0 Å². The molecular formula is C15H14ClF3N4O. The van der Waals surface area contributed by atoms with E-state index in [1.807, 2.05) is 0 Å². The van der Waals surface area contributed by atoms with Crippen molar-refractivity contribution in [1.82, 2.24) is 9.97 Å². The molecule has 0 atom stereocenters. The molecule has 2 heterocycles. The van der Waals surface area contributed by atoms with Crippen LogP contribution in [-0.2, 0) is 6.18 Å². The highest BCUT2D eigenvalue weighted by molar-refractivity contribution is 6.33. The maximum absolute atomic E-state index is 13.2. The molecule has 0 fully saturated rings. The van der Waals surface area contributed by atoms with Crippen LogP contribution in [0.25, 0.3) is 0 Å². The largest absolute Gasteiger partial charge is 0.418 e. The zero-order chi connectivity index (χ0) is 17.9. The fraction of sp³-hybridized carbons (Fsp3) is 0.267. The summed E-state index contributed by atoms with van der Waals surface area (Å²) in [6.45, 7) is 3.69. The van der Waals surface area contributed by atoms with Gasteiger partial charge in [-0.15, -0.1) is 0 Å². The van der Waals surface area contributed by atoms with Crippen LogP contribution in [0.1, 0.15) is 28.5 Å².